The first kappa shape index (κ1) is 11.9. The minimum Gasteiger partial charge on any atom is -0.465 e. The quantitative estimate of drug-likeness (QED) is 0.746. The number of rotatable bonds is 2. The number of likely N-dealkylation sites (tertiary alicyclic amines) is 2. The van der Waals surface area contributed by atoms with Crippen molar-refractivity contribution in [2.45, 2.75) is 24.8 Å². The van der Waals surface area contributed by atoms with E-state index < -0.39 is 6.09 Å². The lowest BCUT2D eigenvalue weighted by Gasteiger charge is -2.54. The molecule has 6 heteroatoms. The van der Waals surface area contributed by atoms with Crippen molar-refractivity contribution in [3.05, 3.63) is 0 Å². The molecule has 1 N–H and O–H groups in total. The maximum Gasteiger partial charge on any atom is 0.407 e. The fourth-order valence-electron chi connectivity index (χ4n) is 2.60. The molecule has 2 aliphatic heterocycles. The van der Waals surface area contributed by atoms with Crippen LogP contribution in [0.25, 0.3) is 0 Å². The van der Waals surface area contributed by atoms with Crippen LogP contribution in [0.5, 0.6) is 0 Å². The van der Waals surface area contributed by atoms with Crippen LogP contribution in [-0.4, -0.2) is 58.5 Å². The number of nitrogens with zero attached hydrogens (tertiary/aromatic N) is 3. The Labute approximate surface area is 99.4 Å². The van der Waals surface area contributed by atoms with E-state index in [2.05, 4.69) is 11.0 Å². The van der Waals surface area contributed by atoms with Crippen molar-refractivity contribution < 1.29 is 14.7 Å². The van der Waals surface area contributed by atoms with Gasteiger partial charge in [0, 0.05) is 39.0 Å². The van der Waals surface area contributed by atoms with Crippen LogP contribution in [0.1, 0.15) is 19.3 Å². The molecule has 2 aliphatic rings. The van der Waals surface area contributed by atoms with Gasteiger partial charge in [-0.05, 0) is 0 Å². The van der Waals surface area contributed by atoms with Gasteiger partial charge in [0.05, 0.1) is 18.0 Å². The van der Waals surface area contributed by atoms with E-state index in [0.717, 1.165) is 0 Å². The summed E-state index contributed by atoms with van der Waals surface area (Å²) in [5.74, 6) is 0.253. The third-order valence-corrected chi connectivity index (χ3v) is 3.64. The first-order valence-corrected chi connectivity index (χ1v) is 5.69. The highest BCUT2D eigenvalue weighted by atomic mass is 16.4. The van der Waals surface area contributed by atoms with Crippen molar-refractivity contribution in [1.29, 1.82) is 5.26 Å². The fourth-order valence-corrected chi connectivity index (χ4v) is 2.60. The zero-order valence-corrected chi connectivity index (χ0v) is 9.56. The molecule has 17 heavy (non-hydrogen) atoms. The second-order valence-electron chi connectivity index (χ2n) is 4.72. The van der Waals surface area contributed by atoms with Gasteiger partial charge in [-0.15, -0.1) is 0 Å². The second-order valence-corrected chi connectivity index (χ2v) is 4.72. The molecule has 2 heterocycles. The molecule has 0 radical (unpaired) electrons. The summed E-state index contributed by atoms with van der Waals surface area (Å²) in [6.07, 6.45) is 0.414. The van der Waals surface area contributed by atoms with Gasteiger partial charge in [-0.25, -0.2) is 4.79 Å². The van der Waals surface area contributed by atoms with Crippen molar-refractivity contribution in [2.75, 3.05) is 26.2 Å². The monoisotopic (exact) mass is 237 g/mol. The van der Waals surface area contributed by atoms with E-state index in [9.17, 15) is 9.59 Å². The van der Waals surface area contributed by atoms with E-state index in [-0.39, 0.29) is 11.3 Å². The van der Waals surface area contributed by atoms with Crippen molar-refractivity contribution >= 4 is 11.9 Å². The molecule has 92 valence electrons. The molecule has 0 bridgehead atoms. The van der Waals surface area contributed by atoms with Crippen LogP contribution >= 0.6 is 0 Å². The molecule has 1 amide bonds. The van der Waals surface area contributed by atoms with Gasteiger partial charge in [-0.3, -0.25) is 9.69 Å². The first-order valence-electron chi connectivity index (χ1n) is 5.69. The summed E-state index contributed by atoms with van der Waals surface area (Å²) in [5.41, 5.74) is -0.353. The number of nitriles is 1. The standard InChI is InChI=1S/C11H15N3O3/c12-4-3-11(7-13(8-11)10(16)17)14-5-1-9(15)2-6-14/h1-3,5-8H2,(H,16,17). The molecule has 0 atom stereocenters. The molecule has 2 fully saturated rings. The molecule has 0 aromatic rings. The maximum absolute atomic E-state index is 11.2. The van der Waals surface area contributed by atoms with Gasteiger partial charge in [-0.1, -0.05) is 0 Å². The predicted octanol–water partition coefficient (Wildman–Crippen LogP) is 0.297. The van der Waals surface area contributed by atoms with Crippen molar-refractivity contribution in [2.24, 2.45) is 0 Å². The SMILES string of the molecule is N#CCC1(N2CCC(=O)CC2)CN(C(=O)O)C1. The molecular weight excluding hydrogens is 222 g/mol. The topological polar surface area (TPSA) is 84.6 Å². The number of ketones is 1. The van der Waals surface area contributed by atoms with E-state index in [4.69, 9.17) is 10.4 Å². The van der Waals surface area contributed by atoms with Gasteiger partial charge < -0.3 is 10.0 Å². The van der Waals surface area contributed by atoms with E-state index in [1.54, 1.807) is 0 Å². The van der Waals surface area contributed by atoms with E-state index in [1.807, 2.05) is 0 Å². The van der Waals surface area contributed by atoms with E-state index >= 15 is 0 Å². The molecule has 6 nitrogen and oxygen atoms in total. The zero-order valence-electron chi connectivity index (χ0n) is 9.56. The summed E-state index contributed by atoms with van der Waals surface area (Å²) in [6.45, 7) is 2.05. The number of amides is 1. The summed E-state index contributed by atoms with van der Waals surface area (Å²) < 4.78 is 0. The van der Waals surface area contributed by atoms with Crippen molar-refractivity contribution in [3.63, 3.8) is 0 Å². The summed E-state index contributed by atoms with van der Waals surface area (Å²) in [6, 6.07) is 2.13. The molecule has 0 saturated carbocycles. The van der Waals surface area contributed by atoms with E-state index in [0.29, 0.717) is 45.4 Å². The molecule has 0 aromatic heterocycles. The molecule has 0 unspecified atom stereocenters. The molecule has 0 aromatic carbocycles. The van der Waals surface area contributed by atoms with Crippen molar-refractivity contribution in [3.8, 4) is 6.07 Å². The molecule has 0 spiro atoms. The Morgan fingerprint density at radius 1 is 1.41 bits per heavy atom. The van der Waals surface area contributed by atoms with Crippen LogP contribution in [0.4, 0.5) is 4.79 Å². The molecular formula is C11H15N3O3. The minimum atomic E-state index is -0.938. The third-order valence-electron chi connectivity index (χ3n) is 3.64. The Morgan fingerprint density at radius 2 is 2.00 bits per heavy atom. The van der Waals surface area contributed by atoms with Crippen molar-refractivity contribution in [1.82, 2.24) is 9.80 Å². The van der Waals surface area contributed by atoms with E-state index in [1.165, 1.54) is 4.90 Å². The average molecular weight is 237 g/mol. The highest BCUT2D eigenvalue weighted by Crippen LogP contribution is 2.32. The minimum absolute atomic E-state index is 0.253. The third kappa shape index (κ3) is 2.11. The molecule has 2 saturated heterocycles. The highest BCUT2D eigenvalue weighted by molar-refractivity contribution is 5.79. The molecule has 0 aliphatic carbocycles. The molecule has 2 rings (SSSR count). The summed E-state index contributed by atoms with van der Waals surface area (Å²) >= 11 is 0. The first-order chi connectivity index (χ1) is 8.07. The summed E-state index contributed by atoms with van der Waals surface area (Å²) in [4.78, 5) is 25.4. The lowest BCUT2D eigenvalue weighted by molar-refractivity contribution is -0.125. The van der Waals surface area contributed by atoms with Crippen LogP contribution in [0.2, 0.25) is 0 Å². The Morgan fingerprint density at radius 3 is 2.47 bits per heavy atom. The Kier molecular flexibility index (Phi) is 3.03. The number of hydrogen-bond acceptors (Lipinski definition) is 4. The van der Waals surface area contributed by atoms with Crippen LogP contribution < -0.4 is 0 Å². The number of Topliss-reactive ketones (excluding diaryl/α,β-unsaturated/α-hetero) is 1. The van der Waals surface area contributed by atoms with Crippen LogP contribution in [-0.2, 0) is 4.79 Å². The second kappa shape index (κ2) is 4.34. The van der Waals surface area contributed by atoms with Gasteiger partial charge in [0.15, 0.2) is 0 Å². The largest absolute Gasteiger partial charge is 0.465 e. The number of carbonyl (C=O) groups is 2. The Bertz CT molecular complexity index is 372. The lowest BCUT2D eigenvalue weighted by Crippen LogP contribution is -2.71. The zero-order chi connectivity index (χ0) is 12.5. The number of carboxylic acid groups (broad SMARTS) is 1. The van der Waals surface area contributed by atoms with Crippen LogP contribution in [0, 0.1) is 11.3 Å². The fraction of sp³-hybridized carbons (Fsp3) is 0.727. The lowest BCUT2D eigenvalue weighted by atomic mass is 9.83. The van der Waals surface area contributed by atoms with Gasteiger partial charge >= 0.3 is 6.09 Å². The Hall–Kier alpha value is -1.61. The summed E-state index contributed by atoms with van der Waals surface area (Å²) in [7, 11) is 0. The smallest absolute Gasteiger partial charge is 0.407 e. The predicted molar refractivity (Wildman–Crippen MR) is 58.4 cm³/mol. The summed E-state index contributed by atoms with van der Waals surface area (Å²) in [5, 5.41) is 17.7. The number of carbonyl (C=O) groups excluding carboxylic acids is 1. The maximum atomic E-state index is 11.2. The number of piperidine rings is 1. The highest BCUT2D eigenvalue weighted by Gasteiger charge is 2.49. The van der Waals surface area contributed by atoms with Gasteiger partial charge in [-0.2, -0.15) is 5.26 Å². The normalized spacial score (nSPS) is 23.9. The van der Waals surface area contributed by atoms with Crippen LogP contribution in [0.15, 0.2) is 0 Å². The van der Waals surface area contributed by atoms with Gasteiger partial charge in [0.2, 0.25) is 0 Å². The van der Waals surface area contributed by atoms with Crippen LogP contribution in [0.3, 0.4) is 0 Å². The van der Waals surface area contributed by atoms with Gasteiger partial charge in [0.1, 0.15) is 5.78 Å². The number of hydrogen-bond donors (Lipinski definition) is 1. The van der Waals surface area contributed by atoms with Gasteiger partial charge in [0.25, 0.3) is 0 Å². The Balaban J connectivity index is 2.02. The average Bonchev–Trinajstić information content (AvgIpc) is 2.23.